The molecule has 1 aromatic carbocycles. The van der Waals surface area contributed by atoms with Crippen LogP contribution in [0.25, 0.3) is 0 Å². The fourth-order valence-electron chi connectivity index (χ4n) is 1.67. The molecule has 0 saturated heterocycles. The Kier molecular flexibility index (Phi) is 6.68. The van der Waals surface area contributed by atoms with Crippen molar-refractivity contribution in [3.8, 4) is 0 Å². The first-order valence-electron chi connectivity index (χ1n) is 6.66. The smallest absolute Gasteiger partial charge is 0.370 e. The van der Waals surface area contributed by atoms with Crippen molar-refractivity contribution in [2.24, 2.45) is 10.7 Å². The number of guanidine groups is 1. The third kappa shape index (κ3) is 7.51. The minimum atomic E-state index is -4.42. The lowest BCUT2D eigenvalue weighted by Gasteiger charge is -2.17. The van der Waals surface area contributed by atoms with Crippen LogP contribution in [-0.2, 0) is 11.2 Å². The number of nitrogens with two attached hydrogens (primary N) is 1. The zero-order valence-corrected chi connectivity index (χ0v) is 12.2. The van der Waals surface area contributed by atoms with Gasteiger partial charge in [0.1, 0.15) is 13.1 Å². The number of likely N-dealkylation sites (N-methyl/N-ethyl adjacent to an activating group) is 1. The van der Waals surface area contributed by atoms with Crippen molar-refractivity contribution in [2.75, 3.05) is 26.7 Å². The molecule has 1 aromatic rings. The van der Waals surface area contributed by atoms with Gasteiger partial charge in [-0.3, -0.25) is 4.79 Å². The first-order valence-corrected chi connectivity index (χ1v) is 6.66. The minimum absolute atomic E-state index is 0.0321. The molecule has 0 heterocycles. The van der Waals surface area contributed by atoms with Gasteiger partial charge in [0.15, 0.2) is 5.96 Å². The third-order valence-corrected chi connectivity index (χ3v) is 2.79. The summed E-state index contributed by atoms with van der Waals surface area (Å²) in [5, 5.41) is 2.81. The van der Waals surface area contributed by atoms with Crippen LogP contribution in [0, 0.1) is 0 Å². The average Bonchev–Trinajstić information content (AvgIpc) is 2.44. The Bertz CT molecular complexity index is 503. The van der Waals surface area contributed by atoms with Crippen LogP contribution < -0.4 is 11.1 Å². The average molecular weight is 316 g/mol. The number of hydrogen-bond donors (Lipinski definition) is 2. The zero-order chi connectivity index (χ0) is 16.6. The molecule has 0 spiro atoms. The molecule has 0 bridgehead atoms. The summed E-state index contributed by atoms with van der Waals surface area (Å²) in [6, 6.07) is 9.68. The molecule has 5 nitrogen and oxygen atoms in total. The summed E-state index contributed by atoms with van der Waals surface area (Å²) in [6.07, 6.45) is -3.70. The van der Waals surface area contributed by atoms with Gasteiger partial charge in [0, 0.05) is 13.6 Å². The maximum Gasteiger partial charge on any atom is 0.406 e. The highest BCUT2D eigenvalue weighted by Gasteiger charge is 2.30. The van der Waals surface area contributed by atoms with Crippen molar-refractivity contribution in [1.82, 2.24) is 10.2 Å². The molecule has 0 saturated carbocycles. The van der Waals surface area contributed by atoms with Crippen LogP contribution in [-0.4, -0.2) is 49.6 Å². The molecule has 0 aromatic heterocycles. The predicted molar refractivity (Wildman–Crippen MR) is 78.3 cm³/mol. The Labute approximate surface area is 127 Å². The summed E-state index contributed by atoms with van der Waals surface area (Å²) in [6.45, 7) is -1.20. The van der Waals surface area contributed by atoms with E-state index < -0.39 is 25.2 Å². The Morgan fingerprint density at radius 2 is 1.95 bits per heavy atom. The maximum atomic E-state index is 12.1. The molecule has 8 heteroatoms. The van der Waals surface area contributed by atoms with Crippen molar-refractivity contribution in [3.05, 3.63) is 35.9 Å². The lowest BCUT2D eigenvalue weighted by atomic mass is 10.1. The van der Waals surface area contributed by atoms with E-state index >= 15 is 0 Å². The largest absolute Gasteiger partial charge is 0.406 e. The highest BCUT2D eigenvalue weighted by Crippen LogP contribution is 2.15. The Hall–Kier alpha value is -2.25. The Morgan fingerprint density at radius 3 is 2.55 bits per heavy atom. The van der Waals surface area contributed by atoms with Gasteiger partial charge < -0.3 is 16.0 Å². The van der Waals surface area contributed by atoms with Crippen LogP contribution in [0.15, 0.2) is 35.3 Å². The molecule has 122 valence electrons. The number of aliphatic imine (C=N–C) groups is 1. The van der Waals surface area contributed by atoms with Gasteiger partial charge in [-0.25, -0.2) is 4.99 Å². The highest BCUT2D eigenvalue weighted by molar-refractivity contribution is 5.83. The first-order chi connectivity index (χ1) is 10.3. The predicted octanol–water partition coefficient (Wildman–Crippen LogP) is 1.15. The lowest BCUT2D eigenvalue weighted by Crippen LogP contribution is -2.38. The third-order valence-electron chi connectivity index (χ3n) is 2.79. The molecule has 22 heavy (non-hydrogen) atoms. The van der Waals surface area contributed by atoms with E-state index in [0.29, 0.717) is 11.4 Å². The highest BCUT2D eigenvalue weighted by atomic mass is 19.4. The molecule has 0 atom stereocenters. The monoisotopic (exact) mass is 316 g/mol. The van der Waals surface area contributed by atoms with Gasteiger partial charge in [-0.05, 0) is 12.0 Å². The number of halogens is 3. The standard InChI is InChI=1S/C14H19F3N4O/c1-21(10-14(15,16)17)12(22)9-20-13(18)19-8-7-11-5-3-2-4-6-11/h2-6H,7-10H2,1H3,(H3,18,19,20). The molecule has 0 aliphatic heterocycles. The molecule has 0 fully saturated rings. The van der Waals surface area contributed by atoms with E-state index in [0.717, 1.165) is 19.0 Å². The van der Waals surface area contributed by atoms with Gasteiger partial charge >= 0.3 is 6.18 Å². The molecule has 3 N–H and O–H groups in total. The fraction of sp³-hybridized carbons (Fsp3) is 0.429. The zero-order valence-electron chi connectivity index (χ0n) is 12.2. The number of nitrogens with zero attached hydrogens (tertiary/aromatic N) is 2. The van der Waals surface area contributed by atoms with Gasteiger partial charge in [0.2, 0.25) is 5.91 Å². The number of amides is 1. The molecule has 0 unspecified atom stereocenters. The Morgan fingerprint density at radius 1 is 1.32 bits per heavy atom. The van der Waals surface area contributed by atoms with E-state index in [-0.39, 0.29) is 5.96 Å². The van der Waals surface area contributed by atoms with Crippen molar-refractivity contribution in [3.63, 3.8) is 0 Å². The normalized spacial score (nSPS) is 12.1. The topological polar surface area (TPSA) is 70.7 Å². The lowest BCUT2D eigenvalue weighted by molar-refractivity contribution is -0.157. The summed E-state index contributed by atoms with van der Waals surface area (Å²) in [5.74, 6) is -0.713. The number of alkyl halides is 3. The second kappa shape index (κ2) is 8.26. The molecule has 0 radical (unpaired) electrons. The van der Waals surface area contributed by atoms with Gasteiger partial charge in [0.25, 0.3) is 0 Å². The fourth-order valence-corrected chi connectivity index (χ4v) is 1.67. The van der Waals surface area contributed by atoms with Crippen molar-refractivity contribution < 1.29 is 18.0 Å². The van der Waals surface area contributed by atoms with Crippen molar-refractivity contribution >= 4 is 11.9 Å². The first kappa shape index (κ1) is 17.8. The van der Waals surface area contributed by atoms with Gasteiger partial charge in [-0.1, -0.05) is 30.3 Å². The molecule has 0 aliphatic rings. The maximum absolute atomic E-state index is 12.1. The number of carbonyl (C=O) groups is 1. The molecular formula is C14H19F3N4O. The van der Waals surface area contributed by atoms with E-state index in [1.54, 1.807) is 0 Å². The number of carbonyl (C=O) groups excluding carboxylic acids is 1. The minimum Gasteiger partial charge on any atom is -0.370 e. The van der Waals surface area contributed by atoms with E-state index in [4.69, 9.17) is 5.73 Å². The van der Waals surface area contributed by atoms with Crippen LogP contribution in [0.3, 0.4) is 0 Å². The van der Waals surface area contributed by atoms with Gasteiger partial charge in [-0.15, -0.1) is 0 Å². The van der Waals surface area contributed by atoms with Crippen LogP contribution in [0.4, 0.5) is 13.2 Å². The number of nitrogens with one attached hydrogen (secondary N) is 1. The SMILES string of the molecule is CN(CC(F)(F)F)C(=O)CN=C(N)NCCc1ccccc1. The molecule has 0 aliphatic carbocycles. The summed E-state index contributed by atoms with van der Waals surface area (Å²) >= 11 is 0. The van der Waals surface area contributed by atoms with Crippen LogP contribution >= 0.6 is 0 Å². The quantitative estimate of drug-likeness (QED) is 0.611. The van der Waals surface area contributed by atoms with E-state index in [2.05, 4.69) is 10.3 Å². The van der Waals surface area contributed by atoms with Crippen LogP contribution in [0.1, 0.15) is 5.56 Å². The van der Waals surface area contributed by atoms with Crippen molar-refractivity contribution in [2.45, 2.75) is 12.6 Å². The second-order valence-corrected chi connectivity index (χ2v) is 4.73. The van der Waals surface area contributed by atoms with E-state index in [1.165, 1.54) is 0 Å². The molecular weight excluding hydrogens is 297 g/mol. The number of rotatable bonds is 6. The summed E-state index contributed by atoms with van der Waals surface area (Å²) < 4.78 is 36.4. The molecule has 1 rings (SSSR count). The van der Waals surface area contributed by atoms with Gasteiger partial charge in [0.05, 0.1) is 0 Å². The van der Waals surface area contributed by atoms with E-state index in [9.17, 15) is 18.0 Å². The van der Waals surface area contributed by atoms with Crippen LogP contribution in [0.2, 0.25) is 0 Å². The second-order valence-electron chi connectivity index (χ2n) is 4.73. The molecule has 1 amide bonds. The van der Waals surface area contributed by atoms with E-state index in [1.807, 2.05) is 30.3 Å². The van der Waals surface area contributed by atoms with Crippen molar-refractivity contribution in [1.29, 1.82) is 0 Å². The summed E-state index contributed by atoms with van der Waals surface area (Å²) in [7, 11) is 1.07. The Balaban J connectivity index is 2.31. The number of benzene rings is 1. The van der Waals surface area contributed by atoms with Crippen LogP contribution in [0.5, 0.6) is 0 Å². The van der Waals surface area contributed by atoms with Gasteiger partial charge in [-0.2, -0.15) is 13.2 Å². The number of hydrogen-bond acceptors (Lipinski definition) is 2. The summed E-state index contributed by atoms with van der Waals surface area (Å²) in [5.41, 5.74) is 6.67. The summed E-state index contributed by atoms with van der Waals surface area (Å²) in [4.78, 5) is 15.8.